The number of piperazine rings is 1. The molecule has 0 aromatic heterocycles. The van der Waals surface area contributed by atoms with Gasteiger partial charge in [-0.15, -0.1) is 0 Å². The summed E-state index contributed by atoms with van der Waals surface area (Å²) >= 11 is 0. The van der Waals surface area contributed by atoms with Crippen LogP contribution in [0.25, 0.3) is 0 Å². The minimum absolute atomic E-state index is 0.0339. The van der Waals surface area contributed by atoms with Crippen LogP contribution < -0.4 is 14.8 Å². The van der Waals surface area contributed by atoms with E-state index in [0.717, 1.165) is 19.4 Å². The van der Waals surface area contributed by atoms with E-state index in [-0.39, 0.29) is 16.8 Å². The van der Waals surface area contributed by atoms with Crippen LogP contribution in [-0.2, 0) is 14.8 Å². The van der Waals surface area contributed by atoms with Crippen molar-refractivity contribution in [1.29, 1.82) is 0 Å². The maximum absolute atomic E-state index is 13.1. The monoisotopic (exact) mass is 383 g/mol. The highest BCUT2D eigenvalue weighted by Gasteiger charge is 2.35. The number of carbonyl (C=O) groups is 1. The van der Waals surface area contributed by atoms with Crippen LogP contribution in [0, 0.1) is 0 Å². The van der Waals surface area contributed by atoms with Crippen LogP contribution in [0.15, 0.2) is 23.1 Å². The van der Waals surface area contributed by atoms with E-state index in [1.165, 1.54) is 30.7 Å². The SMILES string of the molecule is COc1ccc(S(=O)(=O)N2CCCC(N3CCNCC3=O)C2)cc1OC. The van der Waals surface area contributed by atoms with E-state index in [2.05, 4.69) is 5.32 Å². The molecule has 2 heterocycles. The summed E-state index contributed by atoms with van der Waals surface area (Å²) in [5.41, 5.74) is 0. The Morgan fingerprint density at radius 3 is 2.62 bits per heavy atom. The van der Waals surface area contributed by atoms with E-state index < -0.39 is 10.0 Å². The first-order chi connectivity index (χ1) is 12.5. The molecule has 1 unspecified atom stereocenters. The van der Waals surface area contributed by atoms with Crippen molar-refractivity contribution in [2.75, 3.05) is 46.9 Å². The van der Waals surface area contributed by atoms with Crippen LogP contribution in [0.1, 0.15) is 12.8 Å². The van der Waals surface area contributed by atoms with Crippen molar-refractivity contribution >= 4 is 15.9 Å². The van der Waals surface area contributed by atoms with Gasteiger partial charge < -0.3 is 19.7 Å². The number of piperidine rings is 1. The van der Waals surface area contributed by atoms with E-state index in [9.17, 15) is 13.2 Å². The summed E-state index contributed by atoms with van der Waals surface area (Å²) in [4.78, 5) is 14.1. The first-order valence-corrected chi connectivity index (χ1v) is 10.1. The van der Waals surface area contributed by atoms with Gasteiger partial charge in [0.2, 0.25) is 15.9 Å². The molecular weight excluding hydrogens is 358 g/mol. The molecule has 2 aliphatic rings. The Bertz CT molecular complexity index is 768. The number of benzene rings is 1. The van der Waals surface area contributed by atoms with Gasteiger partial charge in [0.05, 0.1) is 25.7 Å². The van der Waals surface area contributed by atoms with Gasteiger partial charge in [-0.1, -0.05) is 0 Å². The minimum Gasteiger partial charge on any atom is -0.493 e. The molecule has 1 N–H and O–H groups in total. The standard InChI is InChI=1S/C17H25N3O5S/c1-24-15-6-5-14(10-16(15)25-2)26(22,23)19-8-3-4-13(12-19)20-9-7-18-11-17(20)21/h5-6,10,13,18H,3-4,7-9,11-12H2,1-2H3. The molecule has 1 amide bonds. The van der Waals surface area contributed by atoms with Crippen LogP contribution in [0.3, 0.4) is 0 Å². The zero-order valence-electron chi connectivity index (χ0n) is 15.1. The fraction of sp³-hybridized carbons (Fsp3) is 0.588. The van der Waals surface area contributed by atoms with Gasteiger partial charge in [-0.3, -0.25) is 4.79 Å². The van der Waals surface area contributed by atoms with Gasteiger partial charge in [0, 0.05) is 38.3 Å². The van der Waals surface area contributed by atoms with Crippen molar-refractivity contribution < 1.29 is 22.7 Å². The van der Waals surface area contributed by atoms with E-state index in [0.29, 0.717) is 37.7 Å². The fourth-order valence-corrected chi connectivity index (χ4v) is 5.06. The Morgan fingerprint density at radius 2 is 1.92 bits per heavy atom. The molecule has 0 bridgehead atoms. The molecule has 26 heavy (non-hydrogen) atoms. The number of hydrogen-bond donors (Lipinski definition) is 1. The average Bonchev–Trinajstić information content (AvgIpc) is 2.67. The number of carbonyl (C=O) groups excluding carboxylic acids is 1. The van der Waals surface area contributed by atoms with Crippen molar-refractivity contribution in [2.24, 2.45) is 0 Å². The zero-order valence-corrected chi connectivity index (χ0v) is 15.9. The third-order valence-corrected chi connectivity index (χ3v) is 6.78. The summed E-state index contributed by atoms with van der Waals surface area (Å²) in [5, 5.41) is 3.05. The third-order valence-electron chi connectivity index (χ3n) is 4.92. The van der Waals surface area contributed by atoms with Gasteiger partial charge >= 0.3 is 0 Å². The van der Waals surface area contributed by atoms with Crippen molar-refractivity contribution in [3.05, 3.63) is 18.2 Å². The van der Waals surface area contributed by atoms with Gasteiger partial charge in [0.1, 0.15) is 0 Å². The third kappa shape index (κ3) is 3.65. The van der Waals surface area contributed by atoms with Gasteiger partial charge in [-0.2, -0.15) is 4.31 Å². The molecule has 8 nitrogen and oxygen atoms in total. The van der Waals surface area contributed by atoms with E-state index >= 15 is 0 Å². The highest BCUT2D eigenvalue weighted by molar-refractivity contribution is 7.89. The lowest BCUT2D eigenvalue weighted by molar-refractivity contribution is -0.135. The number of nitrogens with one attached hydrogen (secondary N) is 1. The molecule has 0 radical (unpaired) electrons. The number of methoxy groups -OCH3 is 2. The van der Waals surface area contributed by atoms with Crippen LogP contribution in [0.5, 0.6) is 11.5 Å². The maximum atomic E-state index is 13.1. The zero-order chi connectivity index (χ0) is 18.7. The maximum Gasteiger partial charge on any atom is 0.243 e. The first-order valence-electron chi connectivity index (χ1n) is 8.69. The lowest BCUT2D eigenvalue weighted by Gasteiger charge is -2.40. The van der Waals surface area contributed by atoms with Crippen LogP contribution in [-0.4, -0.2) is 76.5 Å². The van der Waals surface area contributed by atoms with Crippen LogP contribution in [0.2, 0.25) is 0 Å². The second-order valence-corrected chi connectivity index (χ2v) is 8.38. The predicted molar refractivity (Wildman–Crippen MR) is 95.9 cm³/mol. The molecule has 1 atom stereocenters. The summed E-state index contributed by atoms with van der Waals surface area (Å²) in [5.74, 6) is 0.889. The Balaban J connectivity index is 1.81. The number of amides is 1. The molecule has 0 aliphatic carbocycles. The normalized spacial score (nSPS) is 22.3. The Labute approximate surface area is 154 Å². The van der Waals surface area contributed by atoms with Gasteiger partial charge in [-0.25, -0.2) is 8.42 Å². The van der Waals surface area contributed by atoms with Gasteiger partial charge in [0.15, 0.2) is 11.5 Å². The highest BCUT2D eigenvalue weighted by Crippen LogP contribution is 2.31. The summed E-state index contributed by atoms with van der Waals surface area (Å²) < 4.78 is 38.0. The van der Waals surface area contributed by atoms with E-state index in [1.807, 2.05) is 4.90 Å². The second-order valence-electron chi connectivity index (χ2n) is 6.44. The quantitative estimate of drug-likeness (QED) is 0.786. The molecule has 2 aliphatic heterocycles. The van der Waals surface area contributed by atoms with Crippen molar-refractivity contribution in [2.45, 2.75) is 23.8 Å². The molecule has 144 valence electrons. The smallest absolute Gasteiger partial charge is 0.243 e. The lowest BCUT2D eigenvalue weighted by Crippen LogP contribution is -2.57. The Hall–Kier alpha value is -1.84. The Morgan fingerprint density at radius 1 is 1.15 bits per heavy atom. The average molecular weight is 383 g/mol. The first kappa shape index (κ1) is 18.9. The second kappa shape index (κ2) is 7.81. The molecular formula is C17H25N3O5S. The highest BCUT2D eigenvalue weighted by atomic mass is 32.2. The number of sulfonamides is 1. The number of hydrogen-bond acceptors (Lipinski definition) is 6. The predicted octanol–water partition coefficient (Wildman–Crippen LogP) is 0.289. The van der Waals surface area contributed by atoms with Crippen molar-refractivity contribution in [3.63, 3.8) is 0 Å². The molecule has 2 fully saturated rings. The van der Waals surface area contributed by atoms with Gasteiger partial charge in [0.25, 0.3) is 0 Å². The van der Waals surface area contributed by atoms with E-state index in [4.69, 9.17) is 9.47 Å². The molecule has 1 aromatic carbocycles. The Kier molecular flexibility index (Phi) is 5.69. The molecule has 2 saturated heterocycles. The van der Waals surface area contributed by atoms with E-state index in [1.54, 1.807) is 6.07 Å². The van der Waals surface area contributed by atoms with Crippen molar-refractivity contribution in [3.8, 4) is 11.5 Å². The summed E-state index contributed by atoms with van der Waals surface area (Å²) in [6, 6.07) is 4.52. The van der Waals surface area contributed by atoms with Crippen LogP contribution >= 0.6 is 0 Å². The van der Waals surface area contributed by atoms with Gasteiger partial charge in [-0.05, 0) is 25.0 Å². The summed E-state index contributed by atoms with van der Waals surface area (Å²) in [6.07, 6.45) is 1.55. The minimum atomic E-state index is -3.66. The van der Waals surface area contributed by atoms with Crippen molar-refractivity contribution in [1.82, 2.24) is 14.5 Å². The van der Waals surface area contributed by atoms with Crippen LogP contribution in [0.4, 0.5) is 0 Å². The summed E-state index contributed by atoms with van der Waals surface area (Å²) in [7, 11) is -0.685. The summed E-state index contributed by atoms with van der Waals surface area (Å²) in [6.45, 7) is 2.45. The fourth-order valence-electron chi connectivity index (χ4n) is 3.53. The molecule has 0 saturated carbocycles. The number of ether oxygens (including phenoxy) is 2. The number of nitrogens with zero attached hydrogens (tertiary/aromatic N) is 2. The molecule has 3 rings (SSSR count). The molecule has 9 heteroatoms. The largest absolute Gasteiger partial charge is 0.493 e. The topological polar surface area (TPSA) is 88.2 Å². The lowest BCUT2D eigenvalue weighted by atomic mass is 10.1. The number of rotatable bonds is 5. The molecule has 1 aromatic rings. The molecule has 0 spiro atoms.